The minimum atomic E-state index is -0.339. The third-order valence-corrected chi connectivity index (χ3v) is 18.2. The summed E-state index contributed by atoms with van der Waals surface area (Å²) in [6.07, 6.45) is 0. The average molecular weight is 1120 g/mol. The molecule has 2 aliphatic rings. The highest BCUT2D eigenvalue weighted by molar-refractivity contribution is 6.74. The molecule has 1 aromatic heterocycles. The van der Waals surface area contributed by atoms with Gasteiger partial charge in [0.25, 0.3) is 0 Å². The van der Waals surface area contributed by atoms with Crippen LogP contribution in [0.25, 0.3) is 66.4 Å². The molecular weight excluding hydrogens is 1040 g/mol. The van der Waals surface area contributed by atoms with E-state index in [1.54, 1.807) is 0 Å². The molecule has 14 rings (SSSR count). The van der Waals surface area contributed by atoms with Gasteiger partial charge in [-0.1, -0.05) is 227 Å². The van der Waals surface area contributed by atoms with Gasteiger partial charge in [0.1, 0.15) is 11.2 Å². The normalized spacial score (nSPS) is 13.5. The highest BCUT2D eigenvalue weighted by Crippen LogP contribution is 2.55. The van der Waals surface area contributed by atoms with Gasteiger partial charge < -0.3 is 19.5 Å². The zero-order chi connectivity index (χ0) is 59.4. The Balaban J connectivity index is 1.03. The summed E-state index contributed by atoms with van der Waals surface area (Å²) < 4.78 is 7.31. The summed E-state index contributed by atoms with van der Waals surface area (Å²) in [6, 6.07) is 87.9. The number of hydrogen-bond donors (Lipinski definition) is 1. The molecule has 0 spiro atoms. The van der Waals surface area contributed by atoms with E-state index in [0.29, 0.717) is 0 Å². The van der Waals surface area contributed by atoms with Crippen LogP contribution in [0.2, 0.25) is 0 Å². The molecule has 0 amide bonds. The zero-order valence-electron chi connectivity index (χ0n) is 51.4. The average Bonchev–Trinajstić information content (AvgIpc) is 1.45. The summed E-state index contributed by atoms with van der Waals surface area (Å²) in [7, 11) is 2.42. The van der Waals surface area contributed by atoms with E-state index < -0.39 is 0 Å². The molecule has 12 aromatic rings. The molecule has 5 heteroatoms. The van der Waals surface area contributed by atoms with Crippen LogP contribution in [-0.2, 0) is 21.7 Å². The molecule has 2 heterocycles. The van der Waals surface area contributed by atoms with Crippen molar-refractivity contribution in [2.24, 2.45) is 0 Å². The topological polar surface area (TPSA) is 31.7 Å². The van der Waals surface area contributed by atoms with Crippen molar-refractivity contribution in [3.63, 3.8) is 0 Å². The summed E-state index contributed by atoms with van der Waals surface area (Å²) in [5.74, 6) is 0. The molecule has 0 bridgehead atoms. The first-order valence-electron chi connectivity index (χ1n) is 30.5. The maximum atomic E-state index is 7.31. The van der Waals surface area contributed by atoms with Crippen molar-refractivity contribution >= 4 is 85.6 Å². The lowest BCUT2D eigenvalue weighted by Crippen LogP contribution is -2.41. The Morgan fingerprint density at radius 1 is 0.430 bits per heavy atom. The van der Waals surface area contributed by atoms with Crippen molar-refractivity contribution in [1.29, 1.82) is 0 Å². The molecule has 0 atom stereocenters. The second-order valence-corrected chi connectivity index (χ2v) is 27.4. The third kappa shape index (κ3) is 9.58. The first kappa shape index (κ1) is 54.6. The van der Waals surface area contributed by atoms with Crippen LogP contribution in [-0.4, -0.2) is 7.28 Å². The third-order valence-electron chi connectivity index (χ3n) is 18.2. The van der Waals surface area contributed by atoms with E-state index in [1.165, 1.54) is 55.6 Å². The molecule has 1 aliphatic heterocycles. The highest BCUT2D eigenvalue weighted by atomic mass is 16.3. The summed E-state index contributed by atoms with van der Waals surface area (Å²) in [5, 5.41) is 6.23. The van der Waals surface area contributed by atoms with Gasteiger partial charge in [-0.05, 0) is 174 Å². The van der Waals surface area contributed by atoms with Gasteiger partial charge in [-0.2, -0.15) is 0 Å². The van der Waals surface area contributed by atoms with Crippen LogP contribution in [0.1, 0.15) is 104 Å². The fourth-order valence-electron chi connectivity index (χ4n) is 13.3. The fourth-order valence-corrected chi connectivity index (χ4v) is 13.3. The second-order valence-electron chi connectivity index (χ2n) is 27.4. The second kappa shape index (κ2) is 20.4. The first-order valence-corrected chi connectivity index (χ1v) is 30.5. The van der Waals surface area contributed by atoms with Crippen LogP contribution in [0.15, 0.2) is 241 Å². The van der Waals surface area contributed by atoms with Gasteiger partial charge in [-0.3, -0.25) is 0 Å². The largest absolute Gasteiger partial charge is 0.455 e. The van der Waals surface area contributed by atoms with Crippen LogP contribution >= 0.6 is 0 Å². The van der Waals surface area contributed by atoms with Crippen molar-refractivity contribution in [3.8, 4) is 44.5 Å². The van der Waals surface area contributed by atoms with E-state index in [0.717, 1.165) is 95.1 Å². The van der Waals surface area contributed by atoms with Crippen molar-refractivity contribution in [1.82, 2.24) is 0 Å². The van der Waals surface area contributed by atoms with Crippen LogP contribution < -0.4 is 26.0 Å². The number of benzene rings is 11. The molecule has 1 radical (unpaired) electrons. The Hall–Kier alpha value is -9.32. The molecule has 1 aliphatic carbocycles. The Morgan fingerprint density at radius 3 is 1.56 bits per heavy atom. The first-order chi connectivity index (χ1) is 41.3. The molecule has 0 unspecified atom stereocenters. The minimum Gasteiger partial charge on any atom is -0.455 e. The van der Waals surface area contributed by atoms with Gasteiger partial charge in [0.2, 0.25) is 0 Å². The van der Waals surface area contributed by atoms with E-state index in [4.69, 9.17) is 4.42 Å². The van der Waals surface area contributed by atoms with Gasteiger partial charge >= 0.3 is 0 Å². The molecule has 0 fully saturated rings. The molecule has 86 heavy (non-hydrogen) atoms. The Labute approximate surface area is 509 Å². The molecule has 4 nitrogen and oxygen atoms in total. The Morgan fingerprint density at radius 2 is 0.953 bits per heavy atom. The number of nitrogens with zero attached hydrogens (tertiary/aromatic N) is 2. The maximum absolute atomic E-state index is 7.31. The Kier molecular flexibility index (Phi) is 13.0. The number of hydrogen-bond acceptors (Lipinski definition) is 4. The van der Waals surface area contributed by atoms with Crippen LogP contribution in [0.3, 0.4) is 0 Å². The van der Waals surface area contributed by atoms with Crippen LogP contribution in [0, 0.1) is 0 Å². The van der Waals surface area contributed by atoms with E-state index >= 15 is 0 Å². The smallest absolute Gasteiger partial charge is 0.198 e. The highest BCUT2D eigenvalue weighted by Gasteiger charge is 2.39. The fraction of sp³-hybridized carbons (Fsp3) is 0.185. The molecule has 11 aromatic carbocycles. The number of anilines is 8. The summed E-state index contributed by atoms with van der Waals surface area (Å²) in [5.41, 5.74) is 27.9. The number of para-hydroxylation sites is 1. The standard InChI is InChI=1S/C81H73BN3O/c1-78(2,3)55-29-35-58(36-30-55)83-71-50-69-65(64-47-62(43-44-68(64)81(69,10)11)84(59-39-31-56(32-40-59)79(4,5)6)60-41-33-57(34-42-60)80(7,8)9)48-67(71)75-76-73(49-66-63-24-18-19-25-74(63)86-77(66)75)85(61-37-26-53(27-38-61)51-20-14-12-15-21-51)72-45-28-54(46-70(72)82-76)52-22-16-13-17-23-52/h12-50,83H,1-11H3. The van der Waals surface area contributed by atoms with E-state index in [9.17, 15) is 0 Å². The quantitative estimate of drug-likeness (QED) is 0.146. The summed E-state index contributed by atoms with van der Waals surface area (Å²) in [4.78, 5) is 4.91. The SMILES string of the molecule is CC(C)(C)c1ccc(Nc2cc3c(cc2-c2c4c(cc5c2oc2ccccc25)N(c2ccc(-c5ccccc5)cc2)c2ccc(-c5ccccc5)cc2[B]4)-c2cc(N(c4ccc(C(C)(C)C)cc4)c4ccc(C(C)(C)C)cc4)ccc2C3(C)C)cc1. The van der Waals surface area contributed by atoms with Crippen molar-refractivity contribution in [2.45, 2.75) is 97.8 Å². The predicted molar refractivity (Wildman–Crippen MR) is 368 cm³/mol. The predicted octanol–water partition coefficient (Wildman–Crippen LogP) is 21.4. The maximum Gasteiger partial charge on any atom is 0.198 e. The van der Waals surface area contributed by atoms with E-state index in [2.05, 4.69) is 335 Å². The lowest BCUT2D eigenvalue weighted by Gasteiger charge is -2.35. The lowest BCUT2D eigenvalue weighted by molar-refractivity contribution is 0.590. The van der Waals surface area contributed by atoms with Crippen LogP contribution in [0.4, 0.5) is 45.5 Å². The van der Waals surface area contributed by atoms with Gasteiger partial charge in [0, 0.05) is 72.8 Å². The van der Waals surface area contributed by atoms with Crippen molar-refractivity contribution < 1.29 is 4.42 Å². The number of nitrogens with one attached hydrogen (secondary N) is 1. The molecule has 421 valence electrons. The zero-order valence-corrected chi connectivity index (χ0v) is 51.4. The Bertz CT molecular complexity index is 4500. The van der Waals surface area contributed by atoms with Gasteiger partial charge in [-0.25, -0.2) is 0 Å². The molecular formula is C81H73BN3O. The van der Waals surface area contributed by atoms with Crippen molar-refractivity contribution in [2.75, 3.05) is 15.1 Å². The molecule has 0 saturated heterocycles. The monoisotopic (exact) mass is 1110 g/mol. The lowest BCUT2D eigenvalue weighted by atomic mass is 9.57. The van der Waals surface area contributed by atoms with Gasteiger partial charge in [0.15, 0.2) is 7.28 Å². The molecule has 0 saturated carbocycles. The summed E-state index contributed by atoms with van der Waals surface area (Å²) in [6.45, 7) is 25.3. The van der Waals surface area contributed by atoms with Gasteiger partial charge in [-0.15, -0.1) is 0 Å². The number of furan rings is 1. The van der Waals surface area contributed by atoms with Crippen molar-refractivity contribution in [3.05, 3.63) is 264 Å². The number of rotatable bonds is 9. The van der Waals surface area contributed by atoms with E-state index in [-0.39, 0.29) is 21.7 Å². The molecule has 1 N–H and O–H groups in total. The minimum absolute atomic E-state index is 0.00347. The van der Waals surface area contributed by atoms with E-state index in [1.807, 2.05) is 0 Å². The van der Waals surface area contributed by atoms with Crippen LogP contribution in [0.5, 0.6) is 0 Å². The number of fused-ring (bicyclic) bond motifs is 8. The summed E-state index contributed by atoms with van der Waals surface area (Å²) >= 11 is 0. The van der Waals surface area contributed by atoms with Gasteiger partial charge in [0.05, 0.1) is 0 Å².